The Bertz CT molecular complexity index is 786. The van der Waals surface area contributed by atoms with Crippen LogP contribution < -0.4 is 14.8 Å². The van der Waals surface area contributed by atoms with Crippen LogP contribution in [-0.2, 0) is 13.1 Å². The number of hydrogen-bond donors (Lipinski definition) is 2. The Morgan fingerprint density at radius 2 is 2.36 bits per heavy atom. The van der Waals surface area contributed by atoms with Gasteiger partial charge in [0.25, 0.3) is 5.91 Å². The Morgan fingerprint density at radius 3 is 3.14 bits per heavy atom. The fraction of sp³-hybridized carbons (Fsp3) is 0.308. The van der Waals surface area contributed by atoms with Gasteiger partial charge in [0.05, 0.1) is 11.6 Å². The molecular weight excluding hydrogens is 328 g/mol. The molecular formula is C13H13ClN4O3S. The molecule has 7 nitrogen and oxygen atoms in total. The smallest absolute Gasteiger partial charge is 0.251 e. The van der Waals surface area contributed by atoms with Crippen molar-refractivity contribution in [1.29, 1.82) is 0 Å². The maximum absolute atomic E-state index is 12.2. The first-order chi connectivity index (χ1) is 10.6. The highest BCUT2D eigenvalue weighted by Crippen LogP contribution is 2.39. The average molecular weight is 341 g/mol. The predicted molar refractivity (Wildman–Crippen MR) is 81.8 cm³/mol. The van der Waals surface area contributed by atoms with Crippen LogP contribution >= 0.6 is 23.8 Å². The number of benzene rings is 1. The molecule has 116 valence electrons. The fourth-order valence-electron chi connectivity index (χ4n) is 2.17. The van der Waals surface area contributed by atoms with E-state index in [2.05, 4.69) is 15.5 Å². The molecule has 0 unspecified atom stereocenters. The van der Waals surface area contributed by atoms with E-state index in [1.807, 2.05) is 11.5 Å². The Hall–Kier alpha value is -2.06. The SMILES string of the molecule is CCn1c(CNC(=O)c2cc(Cl)c3c(c2)OCO3)n[nH]c1=S. The van der Waals surface area contributed by atoms with E-state index >= 15 is 0 Å². The minimum absolute atomic E-state index is 0.103. The number of carbonyl (C=O) groups is 1. The number of hydrogen-bond acceptors (Lipinski definition) is 5. The lowest BCUT2D eigenvalue weighted by Crippen LogP contribution is -2.24. The van der Waals surface area contributed by atoms with Crippen molar-refractivity contribution < 1.29 is 14.3 Å². The molecule has 2 aromatic rings. The molecule has 0 saturated carbocycles. The first-order valence-electron chi connectivity index (χ1n) is 6.61. The predicted octanol–water partition coefficient (Wildman–Crippen LogP) is 2.27. The molecule has 0 atom stereocenters. The molecule has 0 fully saturated rings. The van der Waals surface area contributed by atoms with E-state index in [0.717, 1.165) is 0 Å². The molecule has 2 heterocycles. The highest BCUT2D eigenvalue weighted by molar-refractivity contribution is 7.71. The third kappa shape index (κ3) is 2.67. The van der Waals surface area contributed by atoms with Gasteiger partial charge in [-0.2, -0.15) is 5.10 Å². The highest BCUT2D eigenvalue weighted by atomic mass is 35.5. The molecule has 9 heteroatoms. The number of carbonyl (C=O) groups excluding carboxylic acids is 1. The first-order valence-corrected chi connectivity index (χ1v) is 7.40. The summed E-state index contributed by atoms with van der Waals surface area (Å²) in [7, 11) is 0. The lowest BCUT2D eigenvalue weighted by Gasteiger charge is -2.07. The number of amides is 1. The zero-order valence-electron chi connectivity index (χ0n) is 11.7. The number of rotatable bonds is 4. The van der Waals surface area contributed by atoms with Crippen molar-refractivity contribution in [2.75, 3.05) is 6.79 Å². The van der Waals surface area contributed by atoms with E-state index in [1.54, 1.807) is 12.1 Å². The molecule has 2 N–H and O–H groups in total. The third-order valence-electron chi connectivity index (χ3n) is 3.25. The zero-order valence-corrected chi connectivity index (χ0v) is 13.3. The Balaban J connectivity index is 1.75. The lowest BCUT2D eigenvalue weighted by atomic mass is 10.2. The summed E-state index contributed by atoms with van der Waals surface area (Å²) in [5.41, 5.74) is 0.395. The topological polar surface area (TPSA) is 81.2 Å². The molecule has 0 bridgehead atoms. The van der Waals surface area contributed by atoms with Crippen molar-refractivity contribution in [1.82, 2.24) is 20.1 Å². The summed E-state index contributed by atoms with van der Waals surface area (Å²) in [5, 5.41) is 9.91. The minimum Gasteiger partial charge on any atom is -0.454 e. The van der Waals surface area contributed by atoms with Crippen molar-refractivity contribution in [3.63, 3.8) is 0 Å². The van der Waals surface area contributed by atoms with Gasteiger partial charge in [0.15, 0.2) is 22.1 Å². The summed E-state index contributed by atoms with van der Waals surface area (Å²) >= 11 is 11.2. The number of aromatic amines is 1. The van der Waals surface area contributed by atoms with E-state index in [1.165, 1.54) is 0 Å². The fourth-order valence-corrected chi connectivity index (χ4v) is 2.72. The number of aromatic nitrogens is 3. The number of nitrogens with zero attached hydrogens (tertiary/aromatic N) is 2. The molecule has 0 saturated heterocycles. The van der Waals surface area contributed by atoms with E-state index < -0.39 is 0 Å². The van der Waals surface area contributed by atoms with Crippen LogP contribution in [0.3, 0.4) is 0 Å². The molecule has 0 spiro atoms. The minimum atomic E-state index is -0.281. The van der Waals surface area contributed by atoms with Gasteiger partial charge in [-0.05, 0) is 31.3 Å². The summed E-state index contributed by atoms with van der Waals surface area (Å²) in [6, 6.07) is 3.14. The number of fused-ring (bicyclic) bond motifs is 1. The Kier molecular flexibility index (Phi) is 4.04. The lowest BCUT2D eigenvalue weighted by molar-refractivity contribution is 0.0949. The second-order valence-electron chi connectivity index (χ2n) is 4.56. The maximum atomic E-state index is 12.2. The van der Waals surface area contributed by atoms with Crippen LogP contribution in [0.2, 0.25) is 5.02 Å². The average Bonchev–Trinajstić information content (AvgIpc) is 3.11. The van der Waals surface area contributed by atoms with Gasteiger partial charge in [-0.3, -0.25) is 9.89 Å². The molecule has 1 aliphatic heterocycles. The van der Waals surface area contributed by atoms with Crippen molar-refractivity contribution in [2.45, 2.75) is 20.0 Å². The number of ether oxygens (including phenoxy) is 2. The van der Waals surface area contributed by atoms with Gasteiger partial charge < -0.3 is 19.4 Å². The number of halogens is 1. The highest BCUT2D eigenvalue weighted by Gasteiger charge is 2.20. The summed E-state index contributed by atoms with van der Waals surface area (Å²) in [6.45, 7) is 2.99. The molecule has 1 aliphatic rings. The van der Waals surface area contributed by atoms with Gasteiger partial charge in [-0.1, -0.05) is 11.6 Å². The molecule has 1 aromatic heterocycles. The number of H-pyrrole nitrogens is 1. The van der Waals surface area contributed by atoms with Crippen LogP contribution in [0.4, 0.5) is 0 Å². The van der Waals surface area contributed by atoms with E-state index in [4.69, 9.17) is 33.3 Å². The largest absolute Gasteiger partial charge is 0.454 e. The van der Waals surface area contributed by atoms with Crippen molar-refractivity contribution >= 4 is 29.7 Å². The van der Waals surface area contributed by atoms with E-state index in [0.29, 0.717) is 39.2 Å². The quantitative estimate of drug-likeness (QED) is 0.834. The van der Waals surface area contributed by atoms with Crippen molar-refractivity contribution in [2.24, 2.45) is 0 Å². The van der Waals surface area contributed by atoms with Gasteiger partial charge in [0.1, 0.15) is 0 Å². The van der Waals surface area contributed by atoms with Crippen LogP contribution in [0.5, 0.6) is 11.5 Å². The van der Waals surface area contributed by atoms with Crippen LogP contribution in [0.15, 0.2) is 12.1 Å². The van der Waals surface area contributed by atoms with Gasteiger partial charge >= 0.3 is 0 Å². The summed E-state index contributed by atoms with van der Waals surface area (Å²) < 4.78 is 12.8. The zero-order chi connectivity index (χ0) is 15.7. The van der Waals surface area contributed by atoms with E-state index in [-0.39, 0.29) is 19.2 Å². The van der Waals surface area contributed by atoms with Crippen LogP contribution in [-0.4, -0.2) is 27.5 Å². The molecule has 1 amide bonds. The Morgan fingerprint density at radius 1 is 1.55 bits per heavy atom. The van der Waals surface area contributed by atoms with Gasteiger partial charge in [0.2, 0.25) is 6.79 Å². The second kappa shape index (κ2) is 5.98. The van der Waals surface area contributed by atoms with Crippen LogP contribution in [0.1, 0.15) is 23.1 Å². The van der Waals surface area contributed by atoms with E-state index in [9.17, 15) is 4.79 Å². The molecule has 3 rings (SSSR count). The van der Waals surface area contributed by atoms with Gasteiger partial charge in [0, 0.05) is 12.1 Å². The standard InChI is InChI=1S/C13H13ClN4O3S/c1-2-18-10(16-17-13(18)22)5-15-12(19)7-3-8(14)11-9(4-7)20-6-21-11/h3-4H,2,5-6H2,1H3,(H,15,19)(H,17,22). The number of nitrogens with one attached hydrogen (secondary N) is 2. The maximum Gasteiger partial charge on any atom is 0.251 e. The van der Waals surface area contributed by atoms with Gasteiger partial charge in [-0.25, -0.2) is 0 Å². The normalized spacial score (nSPS) is 12.5. The third-order valence-corrected chi connectivity index (χ3v) is 3.84. The molecule has 0 aliphatic carbocycles. The molecule has 22 heavy (non-hydrogen) atoms. The molecule has 0 radical (unpaired) electrons. The monoisotopic (exact) mass is 340 g/mol. The first kappa shape index (κ1) is 14.9. The second-order valence-corrected chi connectivity index (χ2v) is 5.36. The van der Waals surface area contributed by atoms with Crippen LogP contribution in [0.25, 0.3) is 0 Å². The molecule has 1 aromatic carbocycles. The van der Waals surface area contributed by atoms with Crippen molar-refractivity contribution in [3.8, 4) is 11.5 Å². The summed E-state index contributed by atoms with van der Waals surface area (Å²) in [5.74, 6) is 1.31. The summed E-state index contributed by atoms with van der Waals surface area (Å²) in [6.07, 6.45) is 0. The van der Waals surface area contributed by atoms with Gasteiger partial charge in [-0.15, -0.1) is 0 Å². The summed E-state index contributed by atoms with van der Waals surface area (Å²) in [4.78, 5) is 12.2. The van der Waals surface area contributed by atoms with Crippen LogP contribution in [0, 0.1) is 4.77 Å². The Labute approximate surface area is 136 Å². The van der Waals surface area contributed by atoms with Crippen molar-refractivity contribution in [3.05, 3.63) is 33.3 Å².